The summed E-state index contributed by atoms with van der Waals surface area (Å²) in [7, 11) is 0. The van der Waals surface area contributed by atoms with Crippen LogP contribution < -0.4 is 11.1 Å². The molecule has 1 aromatic carbocycles. The average Bonchev–Trinajstić information content (AvgIpc) is 2.46. The highest BCUT2D eigenvalue weighted by molar-refractivity contribution is 5.97. The maximum absolute atomic E-state index is 13.5. The van der Waals surface area contributed by atoms with E-state index < -0.39 is 0 Å². The van der Waals surface area contributed by atoms with Crippen molar-refractivity contribution in [3.8, 4) is 0 Å². The number of nitrogens with one attached hydrogen (secondary N) is 1. The van der Waals surface area contributed by atoms with Gasteiger partial charge in [-0.1, -0.05) is 24.9 Å². The number of hydrogen-bond donors (Lipinski definition) is 3. The van der Waals surface area contributed by atoms with E-state index in [2.05, 4.69) is 17.4 Å². The molecular formula is C16H24FN3O. The van der Waals surface area contributed by atoms with E-state index in [9.17, 15) is 4.39 Å². The summed E-state index contributed by atoms with van der Waals surface area (Å²) in [5, 5.41) is 15.0. The zero-order chi connectivity index (χ0) is 15.2. The van der Waals surface area contributed by atoms with E-state index >= 15 is 0 Å². The summed E-state index contributed by atoms with van der Waals surface area (Å²) >= 11 is 0. The number of nitrogens with zero attached hydrogens (tertiary/aromatic N) is 1. The molecule has 0 aromatic heterocycles. The van der Waals surface area contributed by atoms with Gasteiger partial charge in [-0.2, -0.15) is 0 Å². The summed E-state index contributed by atoms with van der Waals surface area (Å²) in [6, 6.07) is 4.49. The van der Waals surface area contributed by atoms with E-state index in [-0.39, 0.29) is 11.7 Å². The van der Waals surface area contributed by atoms with E-state index in [0.29, 0.717) is 18.0 Å². The van der Waals surface area contributed by atoms with E-state index in [1.54, 1.807) is 6.07 Å². The molecule has 5 heteroatoms. The Balaban J connectivity index is 1.89. The van der Waals surface area contributed by atoms with Gasteiger partial charge in [-0.05, 0) is 55.0 Å². The first-order valence-electron chi connectivity index (χ1n) is 7.56. The predicted molar refractivity (Wildman–Crippen MR) is 81.7 cm³/mol. The summed E-state index contributed by atoms with van der Waals surface area (Å²) in [6.07, 6.45) is 5.19. The second-order valence-corrected chi connectivity index (χ2v) is 6.10. The Kier molecular flexibility index (Phi) is 5.56. The molecule has 21 heavy (non-hydrogen) atoms. The van der Waals surface area contributed by atoms with Crippen molar-refractivity contribution < 1.29 is 9.60 Å². The van der Waals surface area contributed by atoms with Gasteiger partial charge in [-0.3, -0.25) is 0 Å². The first-order chi connectivity index (χ1) is 10.1. The van der Waals surface area contributed by atoms with Gasteiger partial charge in [0.15, 0.2) is 5.84 Å². The van der Waals surface area contributed by atoms with Gasteiger partial charge in [0.2, 0.25) is 0 Å². The van der Waals surface area contributed by atoms with Crippen molar-refractivity contribution in [2.24, 2.45) is 22.7 Å². The summed E-state index contributed by atoms with van der Waals surface area (Å²) in [4.78, 5) is 0. The third-order valence-electron chi connectivity index (χ3n) is 4.17. The molecule has 0 bridgehead atoms. The Morgan fingerprint density at radius 1 is 1.43 bits per heavy atom. The normalized spacial score (nSPS) is 23.2. The van der Waals surface area contributed by atoms with E-state index in [4.69, 9.17) is 10.9 Å². The minimum Gasteiger partial charge on any atom is -0.409 e. The van der Waals surface area contributed by atoms with Crippen LogP contribution in [-0.2, 0) is 6.54 Å². The lowest BCUT2D eigenvalue weighted by Gasteiger charge is -2.26. The molecule has 1 fully saturated rings. The molecule has 0 heterocycles. The van der Waals surface area contributed by atoms with Crippen LogP contribution in [0.2, 0.25) is 0 Å². The highest BCUT2D eigenvalue weighted by Crippen LogP contribution is 2.27. The van der Waals surface area contributed by atoms with Crippen LogP contribution in [0.25, 0.3) is 0 Å². The Hall–Kier alpha value is -1.62. The Morgan fingerprint density at radius 3 is 2.95 bits per heavy atom. The topological polar surface area (TPSA) is 70.6 Å². The minimum absolute atomic E-state index is 0.0724. The van der Waals surface area contributed by atoms with Crippen LogP contribution in [0.4, 0.5) is 4.39 Å². The van der Waals surface area contributed by atoms with Gasteiger partial charge >= 0.3 is 0 Å². The van der Waals surface area contributed by atoms with Crippen molar-refractivity contribution in [1.29, 1.82) is 0 Å². The van der Waals surface area contributed by atoms with Crippen molar-refractivity contribution in [2.75, 3.05) is 6.54 Å². The quantitative estimate of drug-likeness (QED) is 0.338. The Labute approximate surface area is 125 Å². The van der Waals surface area contributed by atoms with Gasteiger partial charge in [-0.15, -0.1) is 0 Å². The predicted octanol–water partition coefficient (Wildman–Crippen LogP) is 2.84. The molecule has 0 aliphatic heterocycles. The van der Waals surface area contributed by atoms with Gasteiger partial charge in [0.05, 0.1) is 0 Å². The Bertz CT molecular complexity index is 504. The lowest BCUT2D eigenvalue weighted by atomic mass is 9.82. The molecule has 0 saturated heterocycles. The second-order valence-electron chi connectivity index (χ2n) is 6.10. The molecule has 116 valence electrons. The van der Waals surface area contributed by atoms with Crippen LogP contribution >= 0.6 is 0 Å². The van der Waals surface area contributed by atoms with Crippen molar-refractivity contribution in [3.05, 3.63) is 35.1 Å². The molecule has 2 atom stereocenters. The number of hydrogen-bond acceptors (Lipinski definition) is 3. The molecule has 0 spiro atoms. The first kappa shape index (κ1) is 15.8. The van der Waals surface area contributed by atoms with E-state index in [0.717, 1.165) is 18.0 Å². The number of amidine groups is 1. The maximum atomic E-state index is 13.5. The van der Waals surface area contributed by atoms with Crippen LogP contribution in [0, 0.1) is 17.7 Å². The molecule has 4 N–H and O–H groups in total. The molecule has 2 rings (SSSR count). The third kappa shape index (κ3) is 4.70. The van der Waals surface area contributed by atoms with Gasteiger partial charge in [0, 0.05) is 12.1 Å². The molecule has 1 aromatic rings. The molecule has 4 nitrogen and oxygen atoms in total. The Morgan fingerprint density at radius 2 is 2.24 bits per heavy atom. The summed E-state index contributed by atoms with van der Waals surface area (Å²) in [5.74, 6) is 1.08. The smallest absolute Gasteiger partial charge is 0.170 e. The highest BCUT2D eigenvalue weighted by Gasteiger charge is 2.18. The van der Waals surface area contributed by atoms with Crippen LogP contribution in [0.3, 0.4) is 0 Å². The van der Waals surface area contributed by atoms with Crippen molar-refractivity contribution in [3.63, 3.8) is 0 Å². The number of halogens is 1. The van der Waals surface area contributed by atoms with Crippen LogP contribution in [0.15, 0.2) is 23.4 Å². The average molecular weight is 293 g/mol. The molecule has 1 aliphatic carbocycles. The number of oxime groups is 1. The minimum atomic E-state index is -0.373. The van der Waals surface area contributed by atoms with Crippen molar-refractivity contribution in [2.45, 2.75) is 39.2 Å². The standard InChI is InChI=1S/C16H24FN3O/c1-11-3-2-4-12(5-11)9-19-10-13-6-14(16(18)20-21)8-15(17)7-13/h6-8,11-12,19,21H,2-5,9-10H2,1H3,(H2,18,20). The molecule has 1 saturated carbocycles. The fraction of sp³-hybridized carbons (Fsp3) is 0.562. The SMILES string of the molecule is CC1CCCC(CNCc2cc(F)cc(/C(N)=N/O)c2)C1. The van der Waals surface area contributed by atoms with Crippen molar-refractivity contribution in [1.82, 2.24) is 5.32 Å². The number of benzene rings is 1. The lowest BCUT2D eigenvalue weighted by molar-refractivity contribution is 0.274. The molecule has 0 amide bonds. The number of rotatable bonds is 5. The zero-order valence-electron chi connectivity index (χ0n) is 12.5. The second kappa shape index (κ2) is 7.41. The van der Waals surface area contributed by atoms with Gasteiger partial charge < -0.3 is 16.3 Å². The zero-order valence-corrected chi connectivity index (χ0v) is 12.5. The summed E-state index contributed by atoms with van der Waals surface area (Å²) in [5.41, 5.74) is 6.72. The van der Waals surface area contributed by atoms with E-state index in [1.807, 2.05) is 0 Å². The molecule has 1 aliphatic rings. The fourth-order valence-corrected chi connectivity index (χ4v) is 3.12. The van der Waals surface area contributed by atoms with Crippen LogP contribution in [0.5, 0.6) is 0 Å². The van der Waals surface area contributed by atoms with Gasteiger partial charge in [0.25, 0.3) is 0 Å². The number of nitrogens with two attached hydrogens (primary N) is 1. The molecule has 0 radical (unpaired) electrons. The summed E-state index contributed by atoms with van der Waals surface area (Å²) in [6.45, 7) is 3.86. The van der Waals surface area contributed by atoms with E-state index in [1.165, 1.54) is 37.8 Å². The fourth-order valence-electron chi connectivity index (χ4n) is 3.12. The summed E-state index contributed by atoms with van der Waals surface area (Å²) < 4.78 is 13.5. The maximum Gasteiger partial charge on any atom is 0.170 e. The van der Waals surface area contributed by atoms with Crippen molar-refractivity contribution >= 4 is 5.84 Å². The monoisotopic (exact) mass is 293 g/mol. The third-order valence-corrected chi connectivity index (χ3v) is 4.17. The largest absolute Gasteiger partial charge is 0.409 e. The molecular weight excluding hydrogens is 269 g/mol. The lowest BCUT2D eigenvalue weighted by Crippen LogP contribution is -2.26. The highest BCUT2D eigenvalue weighted by atomic mass is 19.1. The first-order valence-corrected chi connectivity index (χ1v) is 7.56. The van der Waals surface area contributed by atoms with Gasteiger partial charge in [0.1, 0.15) is 5.82 Å². The van der Waals surface area contributed by atoms with Crippen LogP contribution in [0.1, 0.15) is 43.7 Å². The van der Waals surface area contributed by atoms with Crippen LogP contribution in [-0.4, -0.2) is 17.6 Å². The molecule has 2 unspecified atom stereocenters. The van der Waals surface area contributed by atoms with Gasteiger partial charge in [-0.25, -0.2) is 4.39 Å².